The molecule has 0 saturated heterocycles. The second-order valence-electron chi connectivity index (χ2n) is 4.47. The van der Waals surface area contributed by atoms with Crippen molar-refractivity contribution in [3.8, 4) is 5.75 Å². The molecule has 8 heteroatoms. The first kappa shape index (κ1) is 16.0. The van der Waals surface area contributed by atoms with Crippen molar-refractivity contribution in [2.45, 2.75) is 11.3 Å². The van der Waals surface area contributed by atoms with Crippen LogP contribution >= 0.6 is 15.9 Å². The van der Waals surface area contributed by atoms with E-state index in [0.717, 1.165) is 5.56 Å². The molecule has 6 nitrogen and oxygen atoms in total. The van der Waals surface area contributed by atoms with Gasteiger partial charge in [0, 0.05) is 19.8 Å². The van der Waals surface area contributed by atoms with E-state index in [1.54, 1.807) is 16.9 Å². The van der Waals surface area contributed by atoms with Gasteiger partial charge in [0.1, 0.15) is 5.75 Å². The van der Waals surface area contributed by atoms with Crippen LogP contribution in [0, 0.1) is 0 Å². The number of nitrogens with one attached hydrogen (secondary N) is 1. The minimum absolute atomic E-state index is 0.196. The van der Waals surface area contributed by atoms with Crippen molar-refractivity contribution in [2.24, 2.45) is 7.05 Å². The first-order valence-electron chi connectivity index (χ1n) is 6.23. The minimum Gasteiger partial charge on any atom is -0.496 e. The van der Waals surface area contributed by atoms with Crippen LogP contribution in [0.4, 0.5) is 0 Å². The van der Waals surface area contributed by atoms with E-state index in [0.29, 0.717) is 23.2 Å². The molecule has 0 spiro atoms. The predicted octanol–water partition coefficient (Wildman–Crippen LogP) is 1.71. The third-order valence-corrected chi connectivity index (χ3v) is 4.98. The number of aryl methyl sites for hydroxylation is 1. The zero-order chi connectivity index (χ0) is 15.5. The van der Waals surface area contributed by atoms with Crippen LogP contribution in [0.3, 0.4) is 0 Å². The lowest BCUT2D eigenvalue weighted by Crippen LogP contribution is -2.25. The Balaban J connectivity index is 2.02. The van der Waals surface area contributed by atoms with Crippen LogP contribution in [0.25, 0.3) is 0 Å². The van der Waals surface area contributed by atoms with Gasteiger partial charge in [0.05, 0.1) is 22.7 Å². The molecule has 0 unspecified atom stereocenters. The average Bonchev–Trinajstić information content (AvgIpc) is 2.84. The van der Waals surface area contributed by atoms with Gasteiger partial charge in [0.25, 0.3) is 0 Å². The third-order valence-electron chi connectivity index (χ3n) is 2.90. The molecule has 1 N–H and O–H groups in total. The Bertz CT molecular complexity index is 728. The number of halogens is 1. The molecule has 2 aromatic rings. The molecule has 114 valence electrons. The Morgan fingerprint density at radius 2 is 2.19 bits per heavy atom. The lowest BCUT2D eigenvalue weighted by Gasteiger charge is -2.08. The molecule has 0 aliphatic carbocycles. The number of hydrogen-bond acceptors (Lipinski definition) is 4. The molecule has 0 saturated carbocycles. The number of benzene rings is 1. The summed E-state index contributed by atoms with van der Waals surface area (Å²) in [6.45, 7) is 0.317. The molecule has 2 rings (SSSR count). The van der Waals surface area contributed by atoms with Crippen molar-refractivity contribution < 1.29 is 13.2 Å². The van der Waals surface area contributed by atoms with E-state index in [1.165, 1.54) is 19.2 Å². The van der Waals surface area contributed by atoms with Crippen molar-refractivity contribution >= 4 is 26.0 Å². The summed E-state index contributed by atoms with van der Waals surface area (Å²) in [7, 11) is -0.184. The smallest absolute Gasteiger partial charge is 0.240 e. The molecule has 0 fully saturated rings. The van der Waals surface area contributed by atoms with Crippen molar-refractivity contribution in [3.63, 3.8) is 0 Å². The molecular weight excluding hydrogens is 358 g/mol. The van der Waals surface area contributed by atoms with Crippen LogP contribution in [-0.2, 0) is 23.5 Å². The van der Waals surface area contributed by atoms with Gasteiger partial charge in [-0.05, 0) is 46.1 Å². The average molecular weight is 374 g/mol. The van der Waals surface area contributed by atoms with Gasteiger partial charge in [-0.25, -0.2) is 13.1 Å². The van der Waals surface area contributed by atoms with Crippen LogP contribution in [0.2, 0.25) is 0 Å². The summed E-state index contributed by atoms with van der Waals surface area (Å²) in [6.07, 6.45) is 4.17. The fourth-order valence-corrected chi connectivity index (χ4v) is 3.58. The summed E-state index contributed by atoms with van der Waals surface area (Å²) < 4.78 is 34.3. The highest BCUT2D eigenvalue weighted by atomic mass is 79.9. The number of rotatable bonds is 6. The first-order chi connectivity index (χ1) is 9.92. The quantitative estimate of drug-likeness (QED) is 0.836. The highest BCUT2D eigenvalue weighted by Gasteiger charge is 2.15. The maximum Gasteiger partial charge on any atom is 0.240 e. The SMILES string of the molecule is COc1ccc(S(=O)(=O)NCCc2cnn(C)c2)cc1Br. The van der Waals surface area contributed by atoms with E-state index in [-0.39, 0.29) is 4.90 Å². The van der Waals surface area contributed by atoms with Gasteiger partial charge < -0.3 is 4.74 Å². The molecule has 0 aliphatic heterocycles. The zero-order valence-electron chi connectivity index (χ0n) is 11.7. The van der Waals surface area contributed by atoms with Crippen LogP contribution < -0.4 is 9.46 Å². The molecule has 0 atom stereocenters. The van der Waals surface area contributed by atoms with Crippen LogP contribution in [0.15, 0.2) is 40.0 Å². The second kappa shape index (κ2) is 6.59. The molecule has 21 heavy (non-hydrogen) atoms. The molecule has 1 heterocycles. The summed E-state index contributed by atoms with van der Waals surface area (Å²) in [5.74, 6) is 0.587. The molecule has 1 aromatic heterocycles. The van der Waals surface area contributed by atoms with E-state index in [4.69, 9.17) is 4.74 Å². The number of methoxy groups -OCH3 is 1. The fraction of sp³-hybridized carbons (Fsp3) is 0.308. The zero-order valence-corrected chi connectivity index (χ0v) is 14.1. The lowest BCUT2D eigenvalue weighted by atomic mass is 10.3. The van der Waals surface area contributed by atoms with E-state index >= 15 is 0 Å². The molecule has 0 bridgehead atoms. The summed E-state index contributed by atoms with van der Waals surface area (Å²) >= 11 is 3.28. The molecule has 0 amide bonds. The Morgan fingerprint density at radius 3 is 2.76 bits per heavy atom. The normalized spacial score (nSPS) is 11.6. The number of sulfonamides is 1. The molecule has 1 aromatic carbocycles. The van der Waals surface area contributed by atoms with Gasteiger partial charge in [-0.15, -0.1) is 0 Å². The number of nitrogens with zero attached hydrogens (tertiary/aromatic N) is 2. The minimum atomic E-state index is -3.53. The summed E-state index contributed by atoms with van der Waals surface area (Å²) in [4.78, 5) is 0.196. The van der Waals surface area contributed by atoms with Gasteiger partial charge in [0.15, 0.2) is 0 Å². The second-order valence-corrected chi connectivity index (χ2v) is 7.09. The number of ether oxygens (including phenoxy) is 1. The monoisotopic (exact) mass is 373 g/mol. The largest absolute Gasteiger partial charge is 0.496 e. The highest BCUT2D eigenvalue weighted by Crippen LogP contribution is 2.27. The van der Waals surface area contributed by atoms with Gasteiger partial charge in [0.2, 0.25) is 10.0 Å². The fourth-order valence-electron chi connectivity index (χ4n) is 1.83. The van der Waals surface area contributed by atoms with E-state index in [2.05, 4.69) is 25.8 Å². The number of aromatic nitrogens is 2. The Morgan fingerprint density at radius 1 is 1.43 bits per heavy atom. The van der Waals surface area contributed by atoms with E-state index in [9.17, 15) is 8.42 Å². The predicted molar refractivity (Wildman–Crippen MR) is 82.8 cm³/mol. The first-order valence-corrected chi connectivity index (χ1v) is 8.51. The van der Waals surface area contributed by atoms with Crippen LogP contribution in [0.5, 0.6) is 5.75 Å². The molecule has 0 aliphatic rings. The van der Waals surface area contributed by atoms with Crippen molar-refractivity contribution in [3.05, 3.63) is 40.6 Å². The Labute approximate surface area is 132 Å². The third kappa shape index (κ3) is 4.05. The summed E-state index contributed by atoms with van der Waals surface area (Å²) in [5.41, 5.74) is 0.983. The summed E-state index contributed by atoms with van der Waals surface area (Å²) in [6, 6.07) is 4.64. The van der Waals surface area contributed by atoms with Crippen molar-refractivity contribution in [2.75, 3.05) is 13.7 Å². The van der Waals surface area contributed by atoms with Gasteiger partial charge in [-0.2, -0.15) is 5.10 Å². The molecule has 0 radical (unpaired) electrons. The van der Waals surface area contributed by atoms with Gasteiger partial charge >= 0.3 is 0 Å². The van der Waals surface area contributed by atoms with Crippen molar-refractivity contribution in [1.82, 2.24) is 14.5 Å². The van der Waals surface area contributed by atoms with E-state index < -0.39 is 10.0 Å². The van der Waals surface area contributed by atoms with Gasteiger partial charge in [-0.3, -0.25) is 4.68 Å². The maximum absolute atomic E-state index is 12.2. The summed E-state index contributed by atoms with van der Waals surface area (Å²) in [5, 5.41) is 4.04. The van der Waals surface area contributed by atoms with Crippen LogP contribution in [0.1, 0.15) is 5.56 Å². The highest BCUT2D eigenvalue weighted by molar-refractivity contribution is 9.10. The standard InChI is InChI=1S/C13H16BrN3O3S/c1-17-9-10(8-15-17)5-6-16-21(18,19)11-3-4-13(20-2)12(14)7-11/h3-4,7-9,16H,5-6H2,1-2H3. The number of hydrogen-bond donors (Lipinski definition) is 1. The van der Waals surface area contributed by atoms with E-state index in [1.807, 2.05) is 13.2 Å². The van der Waals surface area contributed by atoms with Gasteiger partial charge in [-0.1, -0.05) is 0 Å². The Kier molecular flexibility index (Phi) is 5.02. The lowest BCUT2D eigenvalue weighted by molar-refractivity contribution is 0.411. The topological polar surface area (TPSA) is 73.2 Å². The Hall–Kier alpha value is -1.38. The maximum atomic E-state index is 12.2. The van der Waals surface area contributed by atoms with Crippen LogP contribution in [-0.4, -0.2) is 31.9 Å². The van der Waals surface area contributed by atoms with Crippen molar-refractivity contribution in [1.29, 1.82) is 0 Å². The molecular formula is C13H16BrN3O3S.